The smallest absolute Gasteiger partial charge is 0.199 e. The normalized spacial score (nSPS) is 16.3. The van der Waals surface area contributed by atoms with Crippen molar-refractivity contribution in [2.75, 3.05) is 0 Å². The summed E-state index contributed by atoms with van der Waals surface area (Å²) in [4.78, 5) is 0. The molecule has 0 aliphatic carbocycles. The number of alkyl halides is 17. The molecule has 0 saturated carbocycles. The van der Waals surface area contributed by atoms with Gasteiger partial charge in [0.05, 0.1) is 0 Å². The molecule has 0 aliphatic heterocycles. The van der Waals surface area contributed by atoms with Gasteiger partial charge in [0, 0.05) is 6.42 Å². The Balaban J connectivity index is 6.67. The van der Waals surface area contributed by atoms with Gasteiger partial charge in [-0.15, -0.1) is 6.58 Å². The Morgan fingerprint density at radius 3 is 0.929 bits per heavy atom. The first-order chi connectivity index (χ1) is 11.8. The molecule has 0 aromatic carbocycles. The van der Waals surface area contributed by atoms with Crippen LogP contribution in [0.4, 0.5) is 74.6 Å². The van der Waals surface area contributed by atoms with Gasteiger partial charge < -0.3 is 0 Å². The van der Waals surface area contributed by atoms with Crippen LogP contribution in [0.3, 0.4) is 0 Å². The van der Waals surface area contributed by atoms with Crippen LogP contribution in [0.25, 0.3) is 0 Å². The molecule has 17 heteroatoms. The molecule has 0 amide bonds. The van der Waals surface area contributed by atoms with Gasteiger partial charge in [-0.2, -0.15) is 74.6 Å². The molecule has 0 saturated heterocycles. The molecule has 0 fully saturated rings. The number of hydrogen-bond donors (Lipinski definition) is 0. The van der Waals surface area contributed by atoms with Gasteiger partial charge in [-0.3, -0.25) is 0 Å². The van der Waals surface area contributed by atoms with Crippen LogP contribution in [0, 0.1) is 0 Å². The number of halogens is 17. The quantitative estimate of drug-likeness (QED) is 0.284. The minimum atomic E-state index is -8.59. The van der Waals surface area contributed by atoms with Crippen molar-refractivity contribution in [1.29, 1.82) is 0 Å². The highest BCUT2D eigenvalue weighted by atomic mass is 19.4. The molecule has 0 atom stereocenters. The maximum Gasteiger partial charge on any atom is 0.460 e. The van der Waals surface area contributed by atoms with Crippen LogP contribution in [0.15, 0.2) is 12.7 Å². The molecule has 0 bridgehead atoms. The Morgan fingerprint density at radius 2 is 0.679 bits per heavy atom. The minimum absolute atomic E-state index is 0.313. The standard InChI is InChI=1S/C11H5F17/c1-2-3-4(12,13)5(14,15)6(16,17)7(18,19)8(20,21)9(22,23)10(24,25)11(26,27)28/h2H,1,3H2. The van der Waals surface area contributed by atoms with Gasteiger partial charge in [0.1, 0.15) is 0 Å². The van der Waals surface area contributed by atoms with E-state index in [1.165, 1.54) is 0 Å². The average Bonchev–Trinajstić information content (AvgIpc) is 2.44. The predicted molar refractivity (Wildman–Crippen MR) is 55.5 cm³/mol. The van der Waals surface area contributed by atoms with Crippen molar-refractivity contribution < 1.29 is 74.6 Å². The molecule has 0 aliphatic rings. The highest BCUT2D eigenvalue weighted by molar-refractivity contribution is 5.15. The van der Waals surface area contributed by atoms with Gasteiger partial charge in [0.2, 0.25) is 0 Å². The number of rotatable bonds is 8. The van der Waals surface area contributed by atoms with Gasteiger partial charge in [-0.1, -0.05) is 6.08 Å². The molecular formula is C11H5F17. The van der Waals surface area contributed by atoms with Crippen LogP contribution in [0.1, 0.15) is 6.42 Å². The average molecular weight is 460 g/mol. The zero-order chi connectivity index (χ0) is 23.4. The third-order valence-electron chi connectivity index (χ3n) is 3.19. The van der Waals surface area contributed by atoms with Crippen LogP contribution in [0.2, 0.25) is 0 Å². The Kier molecular flexibility index (Phi) is 6.19. The van der Waals surface area contributed by atoms with E-state index < -0.39 is 54.1 Å². The largest absolute Gasteiger partial charge is 0.460 e. The second-order valence-corrected chi connectivity index (χ2v) is 5.14. The highest BCUT2D eigenvalue weighted by Crippen LogP contribution is 2.64. The first-order valence-corrected chi connectivity index (χ1v) is 6.13. The fourth-order valence-corrected chi connectivity index (χ4v) is 1.51. The Bertz CT molecular complexity index is 580. The SMILES string of the molecule is C=CCC(F)(F)C(F)(F)C(F)(F)C(F)(F)C(F)(F)C(F)(F)C(F)(F)C(F)(F)F. The van der Waals surface area contributed by atoms with Crippen LogP contribution in [0.5, 0.6) is 0 Å². The molecule has 0 radical (unpaired) electrons. The van der Waals surface area contributed by atoms with Crippen molar-refractivity contribution >= 4 is 0 Å². The summed E-state index contributed by atoms with van der Waals surface area (Å²) in [6.07, 6.45) is -10.7. The number of hydrogen-bond acceptors (Lipinski definition) is 0. The molecule has 168 valence electrons. The molecular weight excluding hydrogens is 455 g/mol. The zero-order valence-corrected chi connectivity index (χ0v) is 12.4. The van der Waals surface area contributed by atoms with E-state index in [-0.39, 0.29) is 6.08 Å². The summed E-state index contributed by atoms with van der Waals surface area (Å²) in [7, 11) is 0. The summed E-state index contributed by atoms with van der Waals surface area (Å²) < 4.78 is 217. The van der Waals surface area contributed by atoms with E-state index >= 15 is 0 Å². The zero-order valence-electron chi connectivity index (χ0n) is 12.4. The van der Waals surface area contributed by atoms with Crippen molar-refractivity contribution in [3.63, 3.8) is 0 Å². The van der Waals surface area contributed by atoms with Crippen molar-refractivity contribution in [3.8, 4) is 0 Å². The third-order valence-corrected chi connectivity index (χ3v) is 3.19. The molecule has 0 aromatic heterocycles. The second kappa shape index (κ2) is 6.53. The molecule has 0 heterocycles. The van der Waals surface area contributed by atoms with Crippen LogP contribution in [-0.2, 0) is 0 Å². The lowest BCUT2D eigenvalue weighted by atomic mass is 9.88. The van der Waals surface area contributed by atoms with E-state index in [9.17, 15) is 74.6 Å². The Labute approximate surface area is 143 Å². The molecule has 0 unspecified atom stereocenters. The fraction of sp³-hybridized carbons (Fsp3) is 0.818. The summed E-state index contributed by atoms with van der Waals surface area (Å²) in [6, 6.07) is 0. The van der Waals surface area contributed by atoms with E-state index in [0.29, 0.717) is 0 Å². The summed E-state index contributed by atoms with van der Waals surface area (Å²) in [5, 5.41) is 0. The highest BCUT2D eigenvalue weighted by Gasteiger charge is 2.95. The van der Waals surface area contributed by atoms with Gasteiger partial charge >= 0.3 is 47.6 Å². The maximum atomic E-state index is 13.2. The van der Waals surface area contributed by atoms with E-state index in [1.807, 2.05) is 0 Å². The number of allylic oxidation sites excluding steroid dienone is 1. The van der Waals surface area contributed by atoms with Crippen LogP contribution >= 0.6 is 0 Å². The van der Waals surface area contributed by atoms with Crippen molar-refractivity contribution in [1.82, 2.24) is 0 Å². The topological polar surface area (TPSA) is 0 Å². The van der Waals surface area contributed by atoms with Gasteiger partial charge in [-0.25, -0.2) is 0 Å². The van der Waals surface area contributed by atoms with E-state index in [4.69, 9.17) is 0 Å². The first-order valence-electron chi connectivity index (χ1n) is 6.13. The lowest BCUT2D eigenvalue weighted by Gasteiger charge is -2.42. The van der Waals surface area contributed by atoms with Crippen LogP contribution in [-0.4, -0.2) is 47.6 Å². The minimum Gasteiger partial charge on any atom is -0.199 e. The second-order valence-electron chi connectivity index (χ2n) is 5.14. The molecule has 0 N–H and O–H groups in total. The van der Waals surface area contributed by atoms with Crippen molar-refractivity contribution in [2.45, 2.75) is 54.1 Å². The summed E-state index contributed by atoms with van der Waals surface area (Å²) in [6.45, 7) is 2.31. The van der Waals surface area contributed by atoms with Crippen molar-refractivity contribution in [3.05, 3.63) is 12.7 Å². The Morgan fingerprint density at radius 1 is 0.429 bits per heavy atom. The third kappa shape index (κ3) is 3.17. The first kappa shape index (κ1) is 26.6. The van der Waals surface area contributed by atoms with Crippen LogP contribution < -0.4 is 0 Å². The van der Waals surface area contributed by atoms with E-state index in [1.54, 1.807) is 0 Å². The summed E-state index contributed by atoms with van der Waals surface area (Å²) in [5.41, 5.74) is 0. The van der Waals surface area contributed by atoms with E-state index in [2.05, 4.69) is 6.58 Å². The maximum absolute atomic E-state index is 13.2. The molecule has 0 nitrogen and oxygen atoms in total. The lowest BCUT2D eigenvalue weighted by Crippen LogP contribution is -2.74. The predicted octanol–water partition coefficient (Wildman–Crippen LogP) is 6.57. The fourth-order valence-electron chi connectivity index (χ4n) is 1.51. The summed E-state index contributed by atoms with van der Waals surface area (Å²) in [5.74, 6) is -56.0. The van der Waals surface area contributed by atoms with Gasteiger partial charge in [0.25, 0.3) is 0 Å². The molecule has 0 spiro atoms. The lowest BCUT2D eigenvalue weighted by molar-refractivity contribution is -0.461. The molecule has 28 heavy (non-hydrogen) atoms. The van der Waals surface area contributed by atoms with Gasteiger partial charge in [0.15, 0.2) is 0 Å². The Hall–Kier alpha value is -1.45. The van der Waals surface area contributed by atoms with Gasteiger partial charge in [-0.05, 0) is 0 Å². The van der Waals surface area contributed by atoms with E-state index in [0.717, 1.165) is 0 Å². The molecule has 0 aromatic rings. The monoisotopic (exact) mass is 460 g/mol. The summed E-state index contributed by atoms with van der Waals surface area (Å²) >= 11 is 0. The molecule has 0 rings (SSSR count). The van der Waals surface area contributed by atoms with Crippen molar-refractivity contribution in [2.24, 2.45) is 0 Å².